The lowest BCUT2D eigenvalue weighted by Gasteiger charge is -2.13. The zero-order valence-electron chi connectivity index (χ0n) is 9.96. The first-order valence-electron chi connectivity index (χ1n) is 5.50. The molecule has 1 aromatic carbocycles. The number of rotatable bonds is 4. The van der Waals surface area contributed by atoms with Crippen LogP contribution in [0.25, 0.3) is 11.4 Å². The maximum atomic E-state index is 5.58. The lowest BCUT2D eigenvalue weighted by Crippen LogP contribution is -2.25. The van der Waals surface area contributed by atoms with Crippen molar-refractivity contribution < 1.29 is 0 Å². The van der Waals surface area contributed by atoms with E-state index in [1.165, 1.54) is 0 Å². The third kappa shape index (κ3) is 2.59. The molecule has 0 spiro atoms. The highest BCUT2D eigenvalue weighted by atomic mass is 15.5. The van der Waals surface area contributed by atoms with Gasteiger partial charge in [-0.25, -0.2) is 4.68 Å². The molecule has 0 aliphatic carbocycles. The Labute approximate surface area is 99.8 Å². The first-order chi connectivity index (χ1) is 8.20. The molecule has 2 aromatic rings. The van der Waals surface area contributed by atoms with Gasteiger partial charge in [-0.3, -0.25) is 0 Å². The maximum absolute atomic E-state index is 5.58. The van der Waals surface area contributed by atoms with Crippen LogP contribution < -0.4 is 11.1 Å². The molecule has 0 amide bonds. The summed E-state index contributed by atoms with van der Waals surface area (Å²) in [6.07, 6.45) is 0. The smallest absolute Gasteiger partial charge is 0.181 e. The fourth-order valence-electron chi connectivity index (χ4n) is 1.57. The number of anilines is 1. The van der Waals surface area contributed by atoms with E-state index < -0.39 is 0 Å². The van der Waals surface area contributed by atoms with Crippen LogP contribution in [-0.2, 0) is 7.05 Å². The number of hydrogen-bond donors (Lipinski definition) is 2. The molecule has 1 unspecified atom stereocenters. The lowest BCUT2D eigenvalue weighted by molar-refractivity contribution is 0.714. The average molecular weight is 232 g/mol. The highest BCUT2D eigenvalue weighted by Gasteiger charge is 2.06. The second-order valence-electron chi connectivity index (χ2n) is 3.99. The van der Waals surface area contributed by atoms with Crippen LogP contribution in [0.15, 0.2) is 24.3 Å². The Bertz CT molecular complexity index is 492. The Morgan fingerprint density at radius 1 is 1.47 bits per heavy atom. The molecule has 0 saturated carbocycles. The van der Waals surface area contributed by atoms with Gasteiger partial charge in [-0.15, -0.1) is 5.10 Å². The minimum atomic E-state index is 0.239. The van der Waals surface area contributed by atoms with Gasteiger partial charge in [0, 0.05) is 30.9 Å². The van der Waals surface area contributed by atoms with Crippen molar-refractivity contribution in [1.82, 2.24) is 20.2 Å². The largest absolute Gasteiger partial charge is 0.381 e. The minimum absolute atomic E-state index is 0.239. The minimum Gasteiger partial charge on any atom is -0.381 e. The molecular formula is C11H16N6. The fourth-order valence-corrected chi connectivity index (χ4v) is 1.57. The van der Waals surface area contributed by atoms with Gasteiger partial charge in [0.2, 0.25) is 0 Å². The van der Waals surface area contributed by atoms with Crippen molar-refractivity contribution in [3.8, 4) is 11.4 Å². The Morgan fingerprint density at radius 3 is 2.94 bits per heavy atom. The second kappa shape index (κ2) is 4.92. The molecule has 0 aliphatic heterocycles. The summed E-state index contributed by atoms with van der Waals surface area (Å²) >= 11 is 0. The van der Waals surface area contributed by atoms with E-state index in [0.29, 0.717) is 6.54 Å². The van der Waals surface area contributed by atoms with Crippen LogP contribution in [0, 0.1) is 0 Å². The molecule has 0 saturated heterocycles. The van der Waals surface area contributed by atoms with Crippen molar-refractivity contribution in [3.05, 3.63) is 24.3 Å². The topological polar surface area (TPSA) is 81.7 Å². The van der Waals surface area contributed by atoms with Crippen molar-refractivity contribution in [2.75, 3.05) is 11.9 Å². The number of aromatic nitrogens is 4. The van der Waals surface area contributed by atoms with Gasteiger partial charge in [0.1, 0.15) is 0 Å². The first-order valence-corrected chi connectivity index (χ1v) is 5.50. The average Bonchev–Trinajstić information content (AvgIpc) is 2.75. The summed E-state index contributed by atoms with van der Waals surface area (Å²) in [5.41, 5.74) is 7.57. The molecule has 0 radical (unpaired) electrons. The van der Waals surface area contributed by atoms with E-state index in [1.807, 2.05) is 38.2 Å². The van der Waals surface area contributed by atoms with Crippen LogP contribution in [0.5, 0.6) is 0 Å². The molecule has 0 fully saturated rings. The number of hydrogen-bond acceptors (Lipinski definition) is 5. The summed E-state index contributed by atoms with van der Waals surface area (Å²) in [6, 6.07) is 8.19. The van der Waals surface area contributed by atoms with Crippen LogP contribution in [0.3, 0.4) is 0 Å². The Hall–Kier alpha value is -1.95. The van der Waals surface area contributed by atoms with Crippen molar-refractivity contribution in [2.45, 2.75) is 13.0 Å². The van der Waals surface area contributed by atoms with Crippen LogP contribution in [-0.4, -0.2) is 32.8 Å². The molecule has 0 aliphatic rings. The van der Waals surface area contributed by atoms with Crippen molar-refractivity contribution in [1.29, 1.82) is 0 Å². The SMILES string of the molecule is CC(CN)Nc1cccc(-c2nnnn2C)c1. The Kier molecular flexibility index (Phi) is 3.34. The van der Waals surface area contributed by atoms with E-state index in [4.69, 9.17) is 5.73 Å². The van der Waals surface area contributed by atoms with Gasteiger partial charge in [0.15, 0.2) is 5.82 Å². The van der Waals surface area contributed by atoms with Gasteiger partial charge < -0.3 is 11.1 Å². The van der Waals surface area contributed by atoms with Crippen molar-refractivity contribution in [3.63, 3.8) is 0 Å². The number of nitrogens with one attached hydrogen (secondary N) is 1. The van der Waals surface area contributed by atoms with Crippen LogP contribution in [0.4, 0.5) is 5.69 Å². The summed E-state index contributed by atoms with van der Waals surface area (Å²) in [6.45, 7) is 2.63. The number of benzene rings is 1. The van der Waals surface area contributed by atoms with Crippen LogP contribution >= 0.6 is 0 Å². The highest BCUT2D eigenvalue weighted by Crippen LogP contribution is 2.19. The normalized spacial score (nSPS) is 12.4. The molecule has 6 heteroatoms. The fraction of sp³-hybridized carbons (Fsp3) is 0.364. The second-order valence-corrected chi connectivity index (χ2v) is 3.99. The van der Waals surface area contributed by atoms with E-state index in [1.54, 1.807) is 4.68 Å². The van der Waals surface area contributed by atoms with Gasteiger partial charge in [-0.05, 0) is 29.5 Å². The number of nitrogens with two attached hydrogens (primary N) is 1. The molecule has 1 heterocycles. The summed E-state index contributed by atoms with van der Waals surface area (Å²) in [5, 5.41) is 14.7. The van der Waals surface area contributed by atoms with Gasteiger partial charge in [-0.2, -0.15) is 0 Å². The van der Waals surface area contributed by atoms with Crippen LogP contribution in [0.1, 0.15) is 6.92 Å². The standard InChI is InChI=1S/C11H16N6/c1-8(7-12)13-10-5-3-4-9(6-10)11-14-15-16-17(11)2/h3-6,8,13H,7,12H2,1-2H3. The molecule has 6 nitrogen and oxygen atoms in total. The monoisotopic (exact) mass is 232 g/mol. The van der Waals surface area contributed by atoms with E-state index in [0.717, 1.165) is 17.1 Å². The molecule has 1 aromatic heterocycles. The first kappa shape index (κ1) is 11.5. The molecule has 2 rings (SSSR count). The molecule has 90 valence electrons. The lowest BCUT2D eigenvalue weighted by atomic mass is 10.2. The van der Waals surface area contributed by atoms with Gasteiger partial charge in [0.05, 0.1) is 0 Å². The quantitative estimate of drug-likeness (QED) is 0.808. The van der Waals surface area contributed by atoms with Crippen molar-refractivity contribution in [2.24, 2.45) is 12.8 Å². The highest BCUT2D eigenvalue weighted by molar-refractivity contribution is 5.62. The van der Waals surface area contributed by atoms with Gasteiger partial charge in [-0.1, -0.05) is 12.1 Å². The zero-order valence-corrected chi connectivity index (χ0v) is 9.96. The zero-order chi connectivity index (χ0) is 12.3. The summed E-state index contributed by atoms with van der Waals surface area (Å²) < 4.78 is 1.64. The van der Waals surface area contributed by atoms with E-state index >= 15 is 0 Å². The predicted molar refractivity (Wildman–Crippen MR) is 66.4 cm³/mol. The van der Waals surface area contributed by atoms with Crippen LogP contribution in [0.2, 0.25) is 0 Å². The molecular weight excluding hydrogens is 216 g/mol. The third-order valence-corrected chi connectivity index (χ3v) is 2.51. The van der Waals surface area contributed by atoms with Gasteiger partial charge in [0.25, 0.3) is 0 Å². The Morgan fingerprint density at radius 2 is 2.29 bits per heavy atom. The molecule has 1 atom stereocenters. The summed E-state index contributed by atoms with van der Waals surface area (Å²) in [7, 11) is 1.82. The number of aryl methyl sites for hydroxylation is 1. The molecule has 0 bridgehead atoms. The summed E-state index contributed by atoms with van der Waals surface area (Å²) in [4.78, 5) is 0. The van der Waals surface area contributed by atoms with E-state index in [-0.39, 0.29) is 6.04 Å². The Balaban J connectivity index is 2.26. The number of nitrogens with zero attached hydrogens (tertiary/aromatic N) is 4. The van der Waals surface area contributed by atoms with Crippen molar-refractivity contribution >= 4 is 5.69 Å². The summed E-state index contributed by atoms with van der Waals surface area (Å²) in [5.74, 6) is 0.744. The predicted octanol–water partition coefficient (Wildman–Crippen LogP) is 0.636. The third-order valence-electron chi connectivity index (χ3n) is 2.51. The number of tetrazole rings is 1. The maximum Gasteiger partial charge on any atom is 0.181 e. The van der Waals surface area contributed by atoms with E-state index in [9.17, 15) is 0 Å². The molecule has 17 heavy (non-hydrogen) atoms. The van der Waals surface area contributed by atoms with E-state index in [2.05, 4.69) is 20.8 Å². The van der Waals surface area contributed by atoms with Gasteiger partial charge >= 0.3 is 0 Å². The molecule has 3 N–H and O–H groups in total.